The van der Waals surface area contributed by atoms with Crippen molar-refractivity contribution in [1.82, 2.24) is 14.7 Å². The van der Waals surface area contributed by atoms with E-state index in [9.17, 15) is 4.79 Å². The quantitative estimate of drug-likeness (QED) is 0.775. The van der Waals surface area contributed by atoms with E-state index in [0.29, 0.717) is 0 Å². The van der Waals surface area contributed by atoms with Crippen LogP contribution in [0.4, 0.5) is 0 Å². The van der Waals surface area contributed by atoms with Crippen molar-refractivity contribution in [3.8, 4) is 0 Å². The number of hydrogen-bond acceptors (Lipinski definition) is 2. The van der Waals surface area contributed by atoms with Crippen molar-refractivity contribution in [2.45, 2.75) is 24.7 Å². The number of nitrogens with zero attached hydrogens (tertiary/aromatic N) is 3. The summed E-state index contributed by atoms with van der Waals surface area (Å²) in [7, 11) is 0. The van der Waals surface area contributed by atoms with Crippen molar-refractivity contribution in [3.05, 3.63) is 18.0 Å². The van der Waals surface area contributed by atoms with Gasteiger partial charge in [-0.15, -0.1) is 0 Å². The third-order valence-corrected chi connectivity index (χ3v) is 3.44. The Kier molecular flexibility index (Phi) is 3.09. The highest BCUT2D eigenvalue weighted by molar-refractivity contribution is 9.10. The van der Waals surface area contributed by atoms with E-state index in [-0.39, 0.29) is 10.7 Å². The lowest BCUT2D eigenvalue weighted by Gasteiger charge is -2.15. The van der Waals surface area contributed by atoms with E-state index in [1.165, 1.54) is 0 Å². The molecule has 0 N–H and O–H groups in total. The molecule has 0 radical (unpaired) electrons. The number of aryl methyl sites for hydroxylation is 1. The minimum absolute atomic E-state index is 0.0249. The van der Waals surface area contributed by atoms with Crippen LogP contribution in [0.2, 0.25) is 0 Å². The molecule has 1 aromatic heterocycles. The predicted molar refractivity (Wildman–Crippen MR) is 60.9 cm³/mol. The molecule has 1 fully saturated rings. The van der Waals surface area contributed by atoms with Crippen LogP contribution in [0.3, 0.4) is 0 Å². The Labute approximate surface area is 97.4 Å². The second-order valence-electron chi connectivity index (χ2n) is 3.86. The smallest absolute Gasteiger partial charge is 0.236 e. The Morgan fingerprint density at radius 2 is 2.40 bits per heavy atom. The van der Waals surface area contributed by atoms with Crippen molar-refractivity contribution in [1.29, 1.82) is 0 Å². The summed E-state index contributed by atoms with van der Waals surface area (Å²) in [6.45, 7) is 4.40. The monoisotopic (exact) mass is 271 g/mol. The van der Waals surface area contributed by atoms with Crippen LogP contribution >= 0.6 is 15.9 Å². The van der Waals surface area contributed by atoms with Gasteiger partial charge in [-0.05, 0) is 18.9 Å². The summed E-state index contributed by atoms with van der Waals surface area (Å²) in [6.07, 6.45) is 4.74. The van der Waals surface area contributed by atoms with Gasteiger partial charge in [-0.25, -0.2) is 0 Å². The zero-order valence-corrected chi connectivity index (χ0v) is 10.3. The molecule has 5 heteroatoms. The van der Waals surface area contributed by atoms with Crippen LogP contribution in [-0.2, 0) is 11.3 Å². The highest BCUT2D eigenvalue weighted by atomic mass is 79.9. The van der Waals surface area contributed by atoms with Gasteiger partial charge in [0.25, 0.3) is 0 Å². The molecule has 1 aromatic rings. The van der Waals surface area contributed by atoms with E-state index >= 15 is 0 Å². The van der Waals surface area contributed by atoms with E-state index in [0.717, 1.165) is 31.6 Å². The summed E-state index contributed by atoms with van der Waals surface area (Å²) in [5.41, 5.74) is 1.15. The number of carbonyl (C=O) groups excluding carboxylic acids is 1. The standard InChI is InChI=1S/C10H14BrN3O/c1-8-6-12-14(7-8)5-4-13-3-2-9(11)10(13)15/h6-7,9H,2-5H2,1H3. The normalized spacial score (nSPS) is 21.3. The molecule has 82 valence electrons. The number of likely N-dealkylation sites (tertiary alicyclic amines) is 1. The van der Waals surface area contributed by atoms with Crippen molar-refractivity contribution in [2.75, 3.05) is 13.1 Å². The first kappa shape index (κ1) is 10.7. The second kappa shape index (κ2) is 4.35. The van der Waals surface area contributed by atoms with Gasteiger partial charge in [0.15, 0.2) is 0 Å². The van der Waals surface area contributed by atoms with Gasteiger partial charge in [0.05, 0.1) is 17.6 Å². The molecule has 1 amide bonds. The molecule has 0 aromatic carbocycles. The Morgan fingerprint density at radius 1 is 1.60 bits per heavy atom. The fraction of sp³-hybridized carbons (Fsp3) is 0.600. The van der Waals surface area contributed by atoms with Crippen LogP contribution in [0.5, 0.6) is 0 Å². The van der Waals surface area contributed by atoms with Crippen LogP contribution in [0.15, 0.2) is 12.4 Å². The Morgan fingerprint density at radius 3 is 2.93 bits per heavy atom. The summed E-state index contributed by atoms with van der Waals surface area (Å²) in [5.74, 6) is 0.207. The van der Waals surface area contributed by atoms with E-state index in [4.69, 9.17) is 0 Å². The molecule has 0 bridgehead atoms. The Balaban J connectivity index is 1.86. The lowest BCUT2D eigenvalue weighted by Crippen LogP contribution is -2.30. The number of rotatable bonds is 3. The fourth-order valence-corrected chi connectivity index (χ4v) is 2.23. The van der Waals surface area contributed by atoms with Gasteiger partial charge in [0, 0.05) is 19.3 Å². The number of alkyl halides is 1. The summed E-state index contributed by atoms with van der Waals surface area (Å²) in [4.78, 5) is 13.5. The average molecular weight is 272 g/mol. The first-order valence-corrected chi connectivity index (χ1v) is 6.00. The van der Waals surface area contributed by atoms with Gasteiger partial charge in [-0.1, -0.05) is 15.9 Å². The lowest BCUT2D eigenvalue weighted by molar-refractivity contribution is -0.127. The minimum Gasteiger partial charge on any atom is -0.340 e. The molecule has 1 saturated heterocycles. The van der Waals surface area contributed by atoms with Crippen LogP contribution in [0.25, 0.3) is 0 Å². The van der Waals surface area contributed by atoms with Gasteiger partial charge in [0.2, 0.25) is 5.91 Å². The van der Waals surface area contributed by atoms with Gasteiger partial charge in [-0.3, -0.25) is 9.48 Å². The first-order chi connectivity index (χ1) is 7.16. The third-order valence-electron chi connectivity index (χ3n) is 2.59. The second-order valence-corrected chi connectivity index (χ2v) is 4.97. The fourth-order valence-electron chi connectivity index (χ4n) is 1.74. The third kappa shape index (κ3) is 2.40. The molecule has 15 heavy (non-hydrogen) atoms. The van der Waals surface area contributed by atoms with Crippen LogP contribution < -0.4 is 0 Å². The number of halogens is 1. The molecular weight excluding hydrogens is 258 g/mol. The molecule has 2 heterocycles. The highest BCUT2D eigenvalue weighted by Gasteiger charge is 2.28. The van der Waals surface area contributed by atoms with Crippen molar-refractivity contribution >= 4 is 21.8 Å². The first-order valence-electron chi connectivity index (χ1n) is 5.09. The maximum atomic E-state index is 11.6. The maximum Gasteiger partial charge on any atom is 0.236 e. The predicted octanol–water partition coefficient (Wildman–Crippen LogP) is 1.19. The number of hydrogen-bond donors (Lipinski definition) is 0. The molecule has 1 unspecified atom stereocenters. The summed E-state index contributed by atoms with van der Waals surface area (Å²) >= 11 is 3.36. The van der Waals surface area contributed by atoms with E-state index < -0.39 is 0 Å². The highest BCUT2D eigenvalue weighted by Crippen LogP contribution is 2.17. The average Bonchev–Trinajstić information content (AvgIpc) is 2.74. The van der Waals surface area contributed by atoms with Gasteiger partial charge in [-0.2, -0.15) is 5.10 Å². The molecule has 2 rings (SSSR count). The zero-order chi connectivity index (χ0) is 10.8. The largest absolute Gasteiger partial charge is 0.340 e. The summed E-state index contributed by atoms with van der Waals surface area (Å²) < 4.78 is 1.88. The molecule has 1 atom stereocenters. The molecule has 0 aliphatic carbocycles. The van der Waals surface area contributed by atoms with E-state index in [2.05, 4.69) is 21.0 Å². The Bertz CT molecular complexity index is 363. The number of carbonyl (C=O) groups is 1. The topological polar surface area (TPSA) is 38.1 Å². The molecule has 1 aliphatic heterocycles. The zero-order valence-electron chi connectivity index (χ0n) is 8.69. The molecular formula is C10H14BrN3O. The minimum atomic E-state index is 0.0249. The van der Waals surface area contributed by atoms with E-state index in [1.807, 2.05) is 28.9 Å². The van der Waals surface area contributed by atoms with Gasteiger partial charge >= 0.3 is 0 Å². The van der Waals surface area contributed by atoms with Crippen molar-refractivity contribution < 1.29 is 4.79 Å². The summed E-state index contributed by atoms with van der Waals surface area (Å²) in [5, 5.41) is 4.19. The molecule has 0 saturated carbocycles. The maximum absolute atomic E-state index is 11.6. The molecule has 4 nitrogen and oxygen atoms in total. The SMILES string of the molecule is Cc1cnn(CCN2CCC(Br)C2=O)c1. The van der Waals surface area contributed by atoms with Crippen LogP contribution in [0, 0.1) is 6.92 Å². The number of amides is 1. The molecule has 0 spiro atoms. The number of aromatic nitrogens is 2. The molecule has 1 aliphatic rings. The van der Waals surface area contributed by atoms with Crippen molar-refractivity contribution in [2.24, 2.45) is 0 Å². The Hall–Kier alpha value is -0.840. The van der Waals surface area contributed by atoms with Crippen LogP contribution in [-0.4, -0.2) is 38.5 Å². The summed E-state index contributed by atoms with van der Waals surface area (Å²) in [6, 6.07) is 0. The van der Waals surface area contributed by atoms with E-state index in [1.54, 1.807) is 0 Å². The van der Waals surface area contributed by atoms with Crippen LogP contribution in [0.1, 0.15) is 12.0 Å². The van der Waals surface area contributed by atoms with Crippen molar-refractivity contribution in [3.63, 3.8) is 0 Å². The lowest BCUT2D eigenvalue weighted by atomic mass is 10.4. The van der Waals surface area contributed by atoms with Gasteiger partial charge < -0.3 is 4.90 Å². The van der Waals surface area contributed by atoms with Gasteiger partial charge in [0.1, 0.15) is 0 Å².